The summed E-state index contributed by atoms with van der Waals surface area (Å²) in [5.74, 6) is 0. The zero-order chi connectivity index (χ0) is 12.8. The summed E-state index contributed by atoms with van der Waals surface area (Å²) in [6.45, 7) is 2.05. The van der Waals surface area contributed by atoms with Gasteiger partial charge < -0.3 is 10.0 Å². The van der Waals surface area contributed by atoms with Crippen molar-refractivity contribution in [2.24, 2.45) is 0 Å². The Morgan fingerprint density at radius 1 is 1.22 bits per heavy atom. The van der Waals surface area contributed by atoms with Gasteiger partial charge in [-0.25, -0.2) is 4.98 Å². The lowest BCUT2D eigenvalue weighted by molar-refractivity contribution is 0.281. The summed E-state index contributed by atoms with van der Waals surface area (Å²) in [6.07, 6.45) is 2.86. The fourth-order valence-corrected chi connectivity index (χ4v) is 2.41. The topological polar surface area (TPSA) is 36.4 Å². The van der Waals surface area contributed by atoms with Gasteiger partial charge in [0, 0.05) is 31.1 Å². The van der Waals surface area contributed by atoms with Gasteiger partial charge in [-0.2, -0.15) is 0 Å². The minimum Gasteiger partial charge on any atom is -0.392 e. The largest absolute Gasteiger partial charge is 0.392 e. The molecule has 0 amide bonds. The average molecular weight is 262 g/mol. The number of likely N-dealkylation sites (N-methyl/N-ethyl adjacent to an activating group) is 1. The highest BCUT2D eigenvalue weighted by atomic mass is 32.1. The highest BCUT2D eigenvalue weighted by Gasteiger charge is 2.02. The first-order valence-corrected chi connectivity index (χ1v) is 6.91. The van der Waals surface area contributed by atoms with Crippen molar-refractivity contribution in [2.75, 3.05) is 13.6 Å². The van der Waals surface area contributed by atoms with E-state index in [-0.39, 0.29) is 6.61 Å². The molecule has 3 nitrogen and oxygen atoms in total. The molecule has 18 heavy (non-hydrogen) atoms. The maximum Gasteiger partial charge on any atom is 0.0937 e. The molecule has 0 spiro atoms. The molecule has 2 aromatic rings. The van der Waals surface area contributed by atoms with E-state index in [0.717, 1.165) is 25.1 Å². The predicted molar refractivity (Wildman–Crippen MR) is 74.5 cm³/mol. The van der Waals surface area contributed by atoms with Crippen LogP contribution >= 0.6 is 11.3 Å². The second kappa shape index (κ2) is 6.64. The van der Waals surface area contributed by atoms with E-state index < -0.39 is 0 Å². The first kappa shape index (κ1) is 13.2. The molecule has 1 aromatic carbocycles. The van der Waals surface area contributed by atoms with Crippen molar-refractivity contribution in [3.05, 3.63) is 52.0 Å². The third-order valence-corrected chi connectivity index (χ3v) is 3.69. The number of aromatic nitrogens is 1. The molecule has 1 heterocycles. The SMILES string of the molecule is CN(CCc1nccs1)Cc1ccc(CO)cc1. The second-order valence-corrected chi connectivity index (χ2v) is 5.37. The van der Waals surface area contributed by atoms with Crippen LogP contribution in [0.15, 0.2) is 35.8 Å². The summed E-state index contributed by atoms with van der Waals surface area (Å²) in [7, 11) is 2.12. The normalized spacial score (nSPS) is 11.1. The average Bonchev–Trinajstić information content (AvgIpc) is 2.90. The fourth-order valence-electron chi connectivity index (χ4n) is 1.80. The third kappa shape index (κ3) is 3.91. The lowest BCUT2D eigenvalue weighted by Gasteiger charge is -2.16. The van der Waals surface area contributed by atoms with Gasteiger partial charge in [0.15, 0.2) is 0 Å². The van der Waals surface area contributed by atoms with Gasteiger partial charge in [0.25, 0.3) is 0 Å². The zero-order valence-corrected chi connectivity index (χ0v) is 11.4. The molecule has 0 aliphatic heterocycles. The lowest BCUT2D eigenvalue weighted by atomic mass is 10.1. The summed E-state index contributed by atoms with van der Waals surface area (Å²) < 4.78 is 0. The quantitative estimate of drug-likeness (QED) is 0.868. The fraction of sp³-hybridized carbons (Fsp3) is 0.357. The highest BCUT2D eigenvalue weighted by molar-refractivity contribution is 7.09. The number of benzene rings is 1. The molecule has 0 saturated heterocycles. The molecule has 0 aliphatic carbocycles. The Balaban J connectivity index is 1.80. The van der Waals surface area contributed by atoms with E-state index in [2.05, 4.69) is 29.1 Å². The van der Waals surface area contributed by atoms with E-state index in [1.54, 1.807) is 11.3 Å². The van der Waals surface area contributed by atoms with Gasteiger partial charge in [-0.3, -0.25) is 0 Å². The van der Waals surface area contributed by atoms with E-state index in [1.165, 1.54) is 10.6 Å². The molecule has 0 atom stereocenters. The van der Waals surface area contributed by atoms with Crippen molar-refractivity contribution >= 4 is 11.3 Å². The third-order valence-electron chi connectivity index (χ3n) is 2.85. The van der Waals surface area contributed by atoms with E-state index in [1.807, 2.05) is 23.7 Å². The second-order valence-electron chi connectivity index (χ2n) is 4.39. The summed E-state index contributed by atoms with van der Waals surface area (Å²) >= 11 is 1.71. The molecule has 4 heteroatoms. The van der Waals surface area contributed by atoms with Gasteiger partial charge in [0.1, 0.15) is 0 Å². The van der Waals surface area contributed by atoms with Gasteiger partial charge in [0.05, 0.1) is 11.6 Å². The Morgan fingerprint density at radius 2 is 1.94 bits per heavy atom. The monoisotopic (exact) mass is 262 g/mol. The molecular formula is C14H18N2OS. The Kier molecular flexibility index (Phi) is 4.87. The number of rotatable bonds is 6. The molecule has 1 aromatic heterocycles. The molecule has 0 unspecified atom stereocenters. The van der Waals surface area contributed by atoms with Gasteiger partial charge >= 0.3 is 0 Å². The van der Waals surface area contributed by atoms with Crippen LogP contribution in [0, 0.1) is 0 Å². The number of nitrogens with zero attached hydrogens (tertiary/aromatic N) is 2. The van der Waals surface area contributed by atoms with Crippen molar-refractivity contribution in [2.45, 2.75) is 19.6 Å². The van der Waals surface area contributed by atoms with Crippen molar-refractivity contribution in [1.82, 2.24) is 9.88 Å². The Hall–Kier alpha value is -1.23. The predicted octanol–water partition coefficient (Wildman–Crippen LogP) is 2.31. The van der Waals surface area contributed by atoms with E-state index >= 15 is 0 Å². The molecule has 0 saturated carbocycles. The molecule has 0 aliphatic rings. The number of hydrogen-bond acceptors (Lipinski definition) is 4. The number of thiazole rings is 1. The Bertz CT molecular complexity index is 453. The van der Waals surface area contributed by atoms with Crippen LogP contribution in [0.3, 0.4) is 0 Å². The van der Waals surface area contributed by atoms with Crippen LogP contribution in [0.2, 0.25) is 0 Å². The first-order valence-electron chi connectivity index (χ1n) is 6.03. The van der Waals surface area contributed by atoms with Gasteiger partial charge in [-0.15, -0.1) is 11.3 Å². The maximum atomic E-state index is 8.98. The van der Waals surface area contributed by atoms with E-state index in [4.69, 9.17) is 5.11 Å². The number of aliphatic hydroxyl groups is 1. The van der Waals surface area contributed by atoms with Crippen LogP contribution in [0.5, 0.6) is 0 Å². The minimum absolute atomic E-state index is 0.111. The van der Waals surface area contributed by atoms with E-state index in [0.29, 0.717) is 0 Å². The summed E-state index contributed by atoms with van der Waals surface area (Å²) in [5.41, 5.74) is 2.23. The summed E-state index contributed by atoms with van der Waals surface area (Å²) in [6, 6.07) is 8.10. The van der Waals surface area contributed by atoms with Gasteiger partial charge in [-0.05, 0) is 18.2 Å². The summed E-state index contributed by atoms with van der Waals surface area (Å²) in [5, 5.41) is 12.2. The Morgan fingerprint density at radius 3 is 2.56 bits per heavy atom. The van der Waals surface area contributed by atoms with Crippen LogP contribution in [-0.4, -0.2) is 28.6 Å². The van der Waals surface area contributed by atoms with Gasteiger partial charge in [0.2, 0.25) is 0 Å². The van der Waals surface area contributed by atoms with Gasteiger partial charge in [-0.1, -0.05) is 24.3 Å². The standard InChI is InChI=1S/C14H18N2OS/c1-16(8-6-14-15-7-9-18-14)10-12-2-4-13(11-17)5-3-12/h2-5,7,9,17H,6,8,10-11H2,1H3. The van der Waals surface area contributed by atoms with Crippen molar-refractivity contribution in [3.63, 3.8) is 0 Å². The molecule has 96 valence electrons. The van der Waals surface area contributed by atoms with Crippen LogP contribution in [0.4, 0.5) is 0 Å². The Labute approximate surface area is 112 Å². The van der Waals surface area contributed by atoms with Crippen LogP contribution in [-0.2, 0) is 19.6 Å². The lowest BCUT2D eigenvalue weighted by Crippen LogP contribution is -2.20. The van der Waals surface area contributed by atoms with Crippen molar-refractivity contribution in [3.8, 4) is 0 Å². The highest BCUT2D eigenvalue weighted by Crippen LogP contribution is 2.09. The molecular weight excluding hydrogens is 244 g/mol. The number of aliphatic hydroxyl groups excluding tert-OH is 1. The van der Waals surface area contributed by atoms with Crippen LogP contribution in [0.25, 0.3) is 0 Å². The summed E-state index contributed by atoms with van der Waals surface area (Å²) in [4.78, 5) is 6.57. The van der Waals surface area contributed by atoms with Crippen LogP contribution < -0.4 is 0 Å². The van der Waals surface area contributed by atoms with Crippen molar-refractivity contribution in [1.29, 1.82) is 0 Å². The smallest absolute Gasteiger partial charge is 0.0937 e. The van der Waals surface area contributed by atoms with Crippen LogP contribution in [0.1, 0.15) is 16.1 Å². The number of hydrogen-bond donors (Lipinski definition) is 1. The zero-order valence-electron chi connectivity index (χ0n) is 10.5. The molecule has 0 fully saturated rings. The first-order chi connectivity index (χ1) is 8.78. The van der Waals surface area contributed by atoms with Crippen molar-refractivity contribution < 1.29 is 5.11 Å². The molecule has 0 bridgehead atoms. The molecule has 0 radical (unpaired) electrons. The molecule has 2 rings (SSSR count). The molecule has 1 N–H and O–H groups in total. The van der Waals surface area contributed by atoms with E-state index in [9.17, 15) is 0 Å². The maximum absolute atomic E-state index is 8.98. The minimum atomic E-state index is 0.111.